The smallest absolute Gasteiger partial charge is 0.273 e. The molecule has 0 fully saturated rings. The molecule has 0 bridgehead atoms. The summed E-state index contributed by atoms with van der Waals surface area (Å²) in [5, 5.41) is 17.6. The average Bonchev–Trinajstić information content (AvgIpc) is 3.16. The van der Waals surface area contributed by atoms with E-state index in [9.17, 15) is 9.90 Å². The number of amides is 1. The monoisotopic (exact) mass is 411 g/mol. The highest BCUT2D eigenvalue weighted by Crippen LogP contribution is 2.44. The summed E-state index contributed by atoms with van der Waals surface area (Å²) in [7, 11) is 0. The van der Waals surface area contributed by atoms with Gasteiger partial charge in [-0.05, 0) is 36.2 Å². The Morgan fingerprint density at radius 2 is 2.04 bits per heavy atom. The molecular weight excluding hydrogens is 394 g/mol. The second-order valence-electron chi connectivity index (χ2n) is 6.33. The molecule has 1 amide bonds. The lowest BCUT2D eigenvalue weighted by Gasteiger charge is -2.26. The number of hydrogen-bond acceptors (Lipinski definition) is 3. The number of phenols is 1. The van der Waals surface area contributed by atoms with Crippen molar-refractivity contribution < 1.29 is 9.90 Å². The molecule has 1 aromatic heterocycles. The Morgan fingerprint density at radius 1 is 1.23 bits per heavy atom. The van der Waals surface area contributed by atoms with E-state index in [2.05, 4.69) is 33.1 Å². The Kier molecular flexibility index (Phi) is 4.28. The lowest BCUT2D eigenvalue weighted by atomic mass is 9.96. The van der Waals surface area contributed by atoms with Crippen LogP contribution in [0, 0.1) is 0 Å². The summed E-state index contributed by atoms with van der Waals surface area (Å²) >= 11 is 3.52. The van der Waals surface area contributed by atoms with Crippen molar-refractivity contribution in [3.05, 3.63) is 69.8 Å². The first-order chi connectivity index (χ1) is 12.6. The van der Waals surface area contributed by atoms with Crippen LogP contribution in [0.2, 0.25) is 0 Å². The zero-order valence-corrected chi connectivity index (χ0v) is 15.8. The van der Waals surface area contributed by atoms with E-state index in [1.807, 2.05) is 41.3 Å². The minimum absolute atomic E-state index is 0.0546. The molecule has 1 unspecified atom stereocenters. The number of carbonyl (C=O) groups is 1. The molecular formula is C20H18BrN3O2. The number of nitrogens with zero attached hydrogens (tertiary/aromatic N) is 2. The van der Waals surface area contributed by atoms with Gasteiger partial charge in [0.1, 0.15) is 17.1 Å². The number of rotatable bonds is 4. The number of hydrogen-bond donors (Lipinski definition) is 2. The molecule has 5 nitrogen and oxygen atoms in total. The van der Waals surface area contributed by atoms with E-state index in [-0.39, 0.29) is 17.7 Å². The second kappa shape index (κ2) is 6.61. The Balaban J connectivity index is 1.93. The third kappa shape index (κ3) is 2.61. The molecule has 0 saturated heterocycles. The maximum absolute atomic E-state index is 13.0. The van der Waals surface area contributed by atoms with Crippen LogP contribution < -0.4 is 0 Å². The van der Waals surface area contributed by atoms with Crippen LogP contribution in [0.5, 0.6) is 5.75 Å². The van der Waals surface area contributed by atoms with Gasteiger partial charge in [0, 0.05) is 22.1 Å². The fourth-order valence-corrected chi connectivity index (χ4v) is 3.99. The number of aromatic amines is 1. The highest BCUT2D eigenvalue weighted by Gasteiger charge is 2.42. The Morgan fingerprint density at radius 3 is 2.77 bits per heavy atom. The molecule has 26 heavy (non-hydrogen) atoms. The van der Waals surface area contributed by atoms with Gasteiger partial charge in [0.2, 0.25) is 0 Å². The maximum atomic E-state index is 13.0. The van der Waals surface area contributed by atoms with Gasteiger partial charge in [-0.25, -0.2) is 0 Å². The van der Waals surface area contributed by atoms with Gasteiger partial charge in [-0.2, -0.15) is 5.10 Å². The molecule has 0 saturated carbocycles. The number of carbonyl (C=O) groups excluding carboxylic acids is 1. The van der Waals surface area contributed by atoms with Gasteiger partial charge in [-0.1, -0.05) is 47.1 Å². The number of para-hydroxylation sites is 1. The van der Waals surface area contributed by atoms with Crippen molar-refractivity contribution in [2.45, 2.75) is 19.4 Å². The summed E-state index contributed by atoms with van der Waals surface area (Å²) in [5.41, 5.74) is 3.58. The lowest BCUT2D eigenvalue weighted by molar-refractivity contribution is 0.0744. The third-order valence-electron chi connectivity index (χ3n) is 4.65. The number of aromatic nitrogens is 2. The van der Waals surface area contributed by atoms with Crippen LogP contribution in [0.25, 0.3) is 11.3 Å². The first-order valence-corrected chi connectivity index (χ1v) is 9.34. The standard InChI is InChI=1S/C20H18BrN3O2/c1-2-10-24-19(12-6-5-7-13(21)11-12)16-17(22-23-18(16)20(24)26)14-8-3-4-9-15(14)25/h3-9,11,19,25H,2,10H2,1H3,(H,22,23). The molecule has 2 heterocycles. The zero-order valence-electron chi connectivity index (χ0n) is 14.2. The fraction of sp³-hybridized carbons (Fsp3) is 0.200. The number of halogens is 1. The van der Waals surface area contributed by atoms with Crippen molar-refractivity contribution in [1.82, 2.24) is 15.1 Å². The SMILES string of the molecule is CCCN1C(=O)c2[nH]nc(-c3ccccc3O)c2C1c1cccc(Br)c1. The quantitative estimate of drug-likeness (QED) is 0.663. The predicted molar refractivity (Wildman–Crippen MR) is 103 cm³/mol. The van der Waals surface area contributed by atoms with Crippen molar-refractivity contribution in [3.8, 4) is 17.0 Å². The Hall–Kier alpha value is -2.60. The van der Waals surface area contributed by atoms with E-state index in [1.54, 1.807) is 12.1 Å². The second-order valence-corrected chi connectivity index (χ2v) is 7.25. The maximum Gasteiger partial charge on any atom is 0.273 e. The molecule has 2 N–H and O–H groups in total. The summed E-state index contributed by atoms with van der Waals surface area (Å²) in [4.78, 5) is 14.8. The van der Waals surface area contributed by atoms with E-state index in [1.165, 1.54) is 0 Å². The molecule has 1 aliphatic rings. The molecule has 3 aromatic rings. The number of phenolic OH excluding ortho intramolecular Hbond substituents is 1. The van der Waals surface area contributed by atoms with Gasteiger partial charge >= 0.3 is 0 Å². The Labute approximate surface area is 159 Å². The summed E-state index contributed by atoms with van der Waals surface area (Å²) in [6.07, 6.45) is 0.861. The van der Waals surface area contributed by atoms with E-state index in [0.717, 1.165) is 22.0 Å². The minimum atomic E-state index is -0.233. The van der Waals surface area contributed by atoms with E-state index in [0.29, 0.717) is 23.5 Å². The number of benzene rings is 2. The van der Waals surface area contributed by atoms with Gasteiger partial charge in [-0.3, -0.25) is 9.89 Å². The van der Waals surface area contributed by atoms with Gasteiger partial charge in [0.25, 0.3) is 5.91 Å². The summed E-state index contributed by atoms with van der Waals surface area (Å²) in [6, 6.07) is 14.8. The fourth-order valence-electron chi connectivity index (χ4n) is 3.57. The molecule has 1 aliphatic heterocycles. The van der Waals surface area contributed by atoms with Gasteiger partial charge in [0.05, 0.1) is 6.04 Å². The average molecular weight is 412 g/mol. The molecule has 132 valence electrons. The molecule has 0 radical (unpaired) electrons. The van der Waals surface area contributed by atoms with Gasteiger partial charge in [-0.15, -0.1) is 0 Å². The van der Waals surface area contributed by atoms with Crippen LogP contribution in [0.1, 0.15) is 41.0 Å². The highest BCUT2D eigenvalue weighted by molar-refractivity contribution is 9.10. The predicted octanol–water partition coefficient (Wildman–Crippen LogP) is 4.50. The summed E-state index contributed by atoms with van der Waals surface area (Å²) in [5.74, 6) is 0.0946. The number of fused-ring (bicyclic) bond motifs is 1. The lowest BCUT2D eigenvalue weighted by Crippen LogP contribution is -2.30. The van der Waals surface area contributed by atoms with Crippen LogP contribution in [0.15, 0.2) is 53.0 Å². The number of aromatic hydroxyl groups is 1. The van der Waals surface area contributed by atoms with Crippen molar-refractivity contribution in [3.63, 3.8) is 0 Å². The number of nitrogens with one attached hydrogen (secondary N) is 1. The molecule has 2 aromatic carbocycles. The largest absolute Gasteiger partial charge is 0.507 e. The zero-order chi connectivity index (χ0) is 18.3. The molecule has 0 spiro atoms. The van der Waals surface area contributed by atoms with Crippen LogP contribution in [-0.2, 0) is 0 Å². The highest BCUT2D eigenvalue weighted by atomic mass is 79.9. The summed E-state index contributed by atoms with van der Waals surface area (Å²) in [6.45, 7) is 2.71. The van der Waals surface area contributed by atoms with E-state index in [4.69, 9.17) is 0 Å². The van der Waals surface area contributed by atoms with Crippen molar-refractivity contribution in [2.24, 2.45) is 0 Å². The van der Waals surface area contributed by atoms with Crippen LogP contribution in [0.4, 0.5) is 0 Å². The minimum Gasteiger partial charge on any atom is -0.507 e. The van der Waals surface area contributed by atoms with Crippen molar-refractivity contribution in [2.75, 3.05) is 6.54 Å². The molecule has 6 heteroatoms. The Bertz CT molecular complexity index is 983. The normalized spacial score (nSPS) is 16.2. The third-order valence-corrected chi connectivity index (χ3v) is 5.15. The number of H-pyrrole nitrogens is 1. The molecule has 1 atom stereocenters. The van der Waals surface area contributed by atoms with Crippen LogP contribution >= 0.6 is 15.9 Å². The topological polar surface area (TPSA) is 69.2 Å². The van der Waals surface area contributed by atoms with E-state index < -0.39 is 0 Å². The van der Waals surface area contributed by atoms with Crippen molar-refractivity contribution >= 4 is 21.8 Å². The van der Waals surface area contributed by atoms with Crippen molar-refractivity contribution in [1.29, 1.82) is 0 Å². The van der Waals surface area contributed by atoms with Crippen LogP contribution in [0.3, 0.4) is 0 Å². The first-order valence-electron chi connectivity index (χ1n) is 8.55. The van der Waals surface area contributed by atoms with E-state index >= 15 is 0 Å². The van der Waals surface area contributed by atoms with Gasteiger partial charge in [0.15, 0.2) is 0 Å². The molecule has 4 rings (SSSR count). The van der Waals surface area contributed by atoms with Gasteiger partial charge < -0.3 is 10.0 Å². The first kappa shape index (κ1) is 16.8. The summed E-state index contributed by atoms with van der Waals surface area (Å²) < 4.78 is 0.958. The van der Waals surface area contributed by atoms with Crippen LogP contribution in [-0.4, -0.2) is 32.7 Å². The molecule has 0 aliphatic carbocycles.